The van der Waals surface area contributed by atoms with E-state index in [9.17, 15) is 16.8 Å². The quantitative estimate of drug-likeness (QED) is 0.751. The van der Waals surface area contributed by atoms with Gasteiger partial charge in [-0.3, -0.25) is 9.03 Å². The molecule has 0 saturated carbocycles. The molecule has 8 heteroatoms. The summed E-state index contributed by atoms with van der Waals surface area (Å²) >= 11 is 0. The van der Waals surface area contributed by atoms with Crippen LogP contribution in [0.15, 0.2) is 41.3 Å². The molecule has 0 unspecified atom stereocenters. The van der Waals surface area contributed by atoms with Crippen molar-refractivity contribution in [2.75, 3.05) is 21.3 Å². The first-order chi connectivity index (χ1) is 13.8. The van der Waals surface area contributed by atoms with E-state index in [0.717, 1.165) is 12.0 Å². The zero-order chi connectivity index (χ0) is 22.3. The molecule has 1 fully saturated rings. The SMILES string of the molecule is Cc1cc(S(=O)(=O)Nc2ccccc2C(C)(C)C)c(C)cc1N1CCCCS1(=O)=O. The molecular weight excluding hydrogens is 420 g/mol. The van der Waals surface area contributed by atoms with Crippen LogP contribution in [0.4, 0.5) is 11.4 Å². The number of sulfonamides is 2. The van der Waals surface area contributed by atoms with Crippen LogP contribution in [0.2, 0.25) is 0 Å². The second-order valence-electron chi connectivity index (χ2n) is 8.90. The lowest BCUT2D eigenvalue weighted by Crippen LogP contribution is -2.38. The average molecular weight is 451 g/mol. The monoisotopic (exact) mass is 450 g/mol. The van der Waals surface area contributed by atoms with E-state index in [4.69, 9.17) is 0 Å². The van der Waals surface area contributed by atoms with Crippen LogP contribution >= 0.6 is 0 Å². The first-order valence-electron chi connectivity index (χ1n) is 10.1. The van der Waals surface area contributed by atoms with Gasteiger partial charge < -0.3 is 0 Å². The average Bonchev–Trinajstić information content (AvgIpc) is 2.62. The van der Waals surface area contributed by atoms with Crippen LogP contribution in [0.1, 0.15) is 50.3 Å². The largest absolute Gasteiger partial charge is 0.279 e. The zero-order valence-corrected chi connectivity index (χ0v) is 19.8. The Bertz CT molecular complexity index is 1160. The molecule has 3 rings (SSSR count). The van der Waals surface area contributed by atoms with Gasteiger partial charge >= 0.3 is 0 Å². The first kappa shape index (κ1) is 22.6. The first-order valence-corrected chi connectivity index (χ1v) is 13.2. The van der Waals surface area contributed by atoms with Gasteiger partial charge in [-0.25, -0.2) is 16.8 Å². The number of hydrogen-bond donors (Lipinski definition) is 1. The second kappa shape index (κ2) is 7.89. The van der Waals surface area contributed by atoms with Crippen molar-refractivity contribution < 1.29 is 16.8 Å². The number of nitrogens with one attached hydrogen (secondary N) is 1. The van der Waals surface area contributed by atoms with Gasteiger partial charge in [0, 0.05) is 6.54 Å². The molecule has 164 valence electrons. The Morgan fingerprint density at radius 1 is 1.00 bits per heavy atom. The van der Waals surface area contributed by atoms with E-state index in [2.05, 4.69) is 4.72 Å². The van der Waals surface area contributed by atoms with Crippen molar-refractivity contribution in [1.82, 2.24) is 0 Å². The van der Waals surface area contributed by atoms with Gasteiger partial charge in [-0.1, -0.05) is 39.0 Å². The molecule has 1 aliphatic heterocycles. The molecular formula is C22H30N2O4S2. The third kappa shape index (κ3) is 4.49. The second-order valence-corrected chi connectivity index (χ2v) is 12.6. The predicted octanol–water partition coefficient (Wildman–Crippen LogP) is 4.33. The molecule has 1 N–H and O–H groups in total. The number of hydrogen-bond acceptors (Lipinski definition) is 4. The summed E-state index contributed by atoms with van der Waals surface area (Å²) in [6.07, 6.45) is 1.45. The summed E-state index contributed by atoms with van der Waals surface area (Å²) in [5, 5.41) is 0. The number of nitrogens with zero attached hydrogens (tertiary/aromatic N) is 1. The Labute approximate surface area is 180 Å². The van der Waals surface area contributed by atoms with Crippen molar-refractivity contribution in [2.24, 2.45) is 0 Å². The molecule has 1 saturated heterocycles. The maximum absolute atomic E-state index is 13.2. The van der Waals surface area contributed by atoms with Gasteiger partial charge in [0.25, 0.3) is 10.0 Å². The van der Waals surface area contributed by atoms with Crippen LogP contribution in [-0.2, 0) is 25.5 Å². The highest BCUT2D eigenvalue weighted by Gasteiger charge is 2.29. The molecule has 2 aromatic carbocycles. The third-order valence-corrected chi connectivity index (χ3v) is 8.74. The van der Waals surface area contributed by atoms with E-state index in [1.807, 2.05) is 32.9 Å². The minimum absolute atomic E-state index is 0.122. The number of rotatable bonds is 4. The maximum atomic E-state index is 13.2. The lowest BCUT2D eigenvalue weighted by Gasteiger charge is -2.30. The summed E-state index contributed by atoms with van der Waals surface area (Å²) in [7, 11) is -7.21. The summed E-state index contributed by atoms with van der Waals surface area (Å²) in [4.78, 5) is 0.155. The maximum Gasteiger partial charge on any atom is 0.262 e. The lowest BCUT2D eigenvalue weighted by atomic mass is 9.86. The zero-order valence-electron chi connectivity index (χ0n) is 18.2. The molecule has 0 bridgehead atoms. The van der Waals surface area contributed by atoms with Crippen LogP contribution in [0.25, 0.3) is 0 Å². The fraction of sp³-hybridized carbons (Fsp3) is 0.455. The van der Waals surface area contributed by atoms with E-state index in [0.29, 0.717) is 35.5 Å². The Morgan fingerprint density at radius 3 is 2.30 bits per heavy atom. The smallest absolute Gasteiger partial charge is 0.262 e. The predicted molar refractivity (Wildman–Crippen MR) is 122 cm³/mol. The van der Waals surface area contributed by atoms with Crippen LogP contribution < -0.4 is 9.03 Å². The highest BCUT2D eigenvalue weighted by Crippen LogP contribution is 2.34. The molecule has 0 amide bonds. The van der Waals surface area contributed by atoms with Crippen molar-refractivity contribution in [3.63, 3.8) is 0 Å². The highest BCUT2D eigenvalue weighted by molar-refractivity contribution is 7.93. The lowest BCUT2D eigenvalue weighted by molar-refractivity contribution is 0.574. The van der Waals surface area contributed by atoms with Crippen molar-refractivity contribution in [2.45, 2.75) is 57.8 Å². The normalized spacial score (nSPS) is 17.0. The Balaban J connectivity index is 2.02. The highest BCUT2D eigenvalue weighted by atomic mass is 32.2. The van der Waals surface area contributed by atoms with Gasteiger partial charge in [-0.2, -0.15) is 0 Å². The van der Waals surface area contributed by atoms with E-state index < -0.39 is 20.0 Å². The molecule has 0 aromatic heterocycles. The Hall–Kier alpha value is -2.06. The van der Waals surface area contributed by atoms with Crippen molar-refractivity contribution in [3.8, 4) is 0 Å². The van der Waals surface area contributed by atoms with Crippen molar-refractivity contribution in [1.29, 1.82) is 0 Å². The molecule has 1 heterocycles. The summed E-state index contributed by atoms with van der Waals surface area (Å²) in [5.41, 5.74) is 2.91. The number of benzene rings is 2. The molecule has 0 radical (unpaired) electrons. The molecule has 6 nitrogen and oxygen atoms in total. The fourth-order valence-corrected chi connectivity index (χ4v) is 6.90. The molecule has 0 spiro atoms. The summed E-state index contributed by atoms with van der Waals surface area (Å²) in [6.45, 7) is 9.97. The van der Waals surface area contributed by atoms with Crippen molar-refractivity contribution >= 4 is 31.4 Å². The van der Waals surface area contributed by atoms with Gasteiger partial charge in [-0.15, -0.1) is 0 Å². The summed E-state index contributed by atoms with van der Waals surface area (Å²) in [5.74, 6) is 0.122. The Morgan fingerprint density at radius 2 is 1.67 bits per heavy atom. The van der Waals surface area contributed by atoms with Crippen molar-refractivity contribution in [3.05, 3.63) is 53.1 Å². The van der Waals surface area contributed by atoms with E-state index >= 15 is 0 Å². The molecule has 0 aliphatic carbocycles. The van der Waals surface area contributed by atoms with Crippen LogP contribution in [0.3, 0.4) is 0 Å². The van der Waals surface area contributed by atoms with Crippen LogP contribution in [0, 0.1) is 13.8 Å². The third-order valence-electron chi connectivity index (χ3n) is 5.38. The van der Waals surface area contributed by atoms with Gasteiger partial charge in [0.15, 0.2) is 0 Å². The molecule has 1 aliphatic rings. The fourth-order valence-electron chi connectivity index (χ4n) is 3.82. The van der Waals surface area contributed by atoms with E-state index in [1.165, 1.54) is 4.31 Å². The summed E-state index contributed by atoms with van der Waals surface area (Å²) < 4.78 is 55.6. The minimum atomic E-state index is -3.84. The van der Waals surface area contributed by atoms with E-state index in [-0.39, 0.29) is 16.1 Å². The standard InChI is InChI=1S/C22H30N2O4S2/c1-16-15-21(17(2)14-20(16)24-12-8-9-13-29(24,25)26)30(27,28)23-19-11-7-6-10-18(19)22(3,4)5/h6-7,10-11,14-15,23H,8-9,12-13H2,1-5H3. The van der Waals surface area contributed by atoms with E-state index in [1.54, 1.807) is 38.1 Å². The molecule has 2 aromatic rings. The topological polar surface area (TPSA) is 83.6 Å². The van der Waals surface area contributed by atoms with Gasteiger partial charge in [0.05, 0.1) is 22.0 Å². The summed E-state index contributed by atoms with van der Waals surface area (Å²) in [6, 6.07) is 10.6. The molecule has 0 atom stereocenters. The number of anilines is 2. The Kier molecular flexibility index (Phi) is 5.95. The minimum Gasteiger partial charge on any atom is -0.279 e. The number of para-hydroxylation sites is 1. The molecule has 30 heavy (non-hydrogen) atoms. The van der Waals surface area contributed by atoms with Gasteiger partial charge in [0.2, 0.25) is 10.0 Å². The van der Waals surface area contributed by atoms with Gasteiger partial charge in [0.1, 0.15) is 0 Å². The van der Waals surface area contributed by atoms with Crippen LogP contribution in [-0.4, -0.2) is 29.1 Å². The van der Waals surface area contributed by atoms with Gasteiger partial charge in [-0.05, 0) is 67.0 Å². The van der Waals surface area contributed by atoms with Crippen LogP contribution in [0.5, 0.6) is 0 Å². The number of aryl methyl sites for hydroxylation is 2.